The molecule has 0 aliphatic rings. The fourth-order valence-electron chi connectivity index (χ4n) is 2.23. The third kappa shape index (κ3) is 3.51. The van der Waals surface area contributed by atoms with Gasteiger partial charge < -0.3 is 19.7 Å². The minimum atomic E-state index is -1.54. The van der Waals surface area contributed by atoms with Crippen LogP contribution in [0.4, 0.5) is 0 Å². The number of rotatable bonds is 6. The summed E-state index contributed by atoms with van der Waals surface area (Å²) >= 11 is 0. The summed E-state index contributed by atoms with van der Waals surface area (Å²) in [6.45, 7) is 1.49. The number of hydrogen-bond donors (Lipinski definition) is 2. The molecule has 0 bridgehead atoms. The highest BCUT2D eigenvalue weighted by Gasteiger charge is 2.20. The van der Waals surface area contributed by atoms with Gasteiger partial charge >= 0.3 is 7.12 Å². The van der Waals surface area contributed by atoms with E-state index in [-0.39, 0.29) is 0 Å². The molecule has 2 N–H and O–H groups in total. The number of fused-ring (bicyclic) bond motifs is 1. The molecule has 0 heterocycles. The standard InChI is InChI=1S/C15H20BNO3/c1-17(2)10-5-11-20-14-9-8-12-6-3-4-7-13(12)15(14)16(18)19/h3-4,6-9,18-19H,5,10-11H2,1-2H3. The number of ether oxygens (including phenoxy) is 1. The molecule has 2 aromatic rings. The Labute approximate surface area is 119 Å². The smallest absolute Gasteiger partial charge is 0.492 e. The van der Waals surface area contributed by atoms with Crippen molar-refractivity contribution in [3.05, 3.63) is 36.4 Å². The van der Waals surface area contributed by atoms with Crippen molar-refractivity contribution in [3.63, 3.8) is 0 Å². The summed E-state index contributed by atoms with van der Waals surface area (Å²) in [4.78, 5) is 2.09. The van der Waals surface area contributed by atoms with Gasteiger partial charge in [0.05, 0.1) is 6.61 Å². The van der Waals surface area contributed by atoms with Gasteiger partial charge in [-0.25, -0.2) is 0 Å². The van der Waals surface area contributed by atoms with Crippen molar-refractivity contribution in [1.82, 2.24) is 4.90 Å². The first kappa shape index (κ1) is 14.8. The Bertz CT molecular complexity index is 572. The summed E-state index contributed by atoms with van der Waals surface area (Å²) in [5.41, 5.74) is 0.438. The summed E-state index contributed by atoms with van der Waals surface area (Å²) in [6, 6.07) is 11.3. The zero-order valence-electron chi connectivity index (χ0n) is 11.9. The van der Waals surface area contributed by atoms with Gasteiger partial charge in [0, 0.05) is 12.0 Å². The molecule has 0 fully saturated rings. The molecule has 0 radical (unpaired) electrons. The highest BCUT2D eigenvalue weighted by Crippen LogP contribution is 2.19. The fraction of sp³-hybridized carbons (Fsp3) is 0.333. The van der Waals surface area contributed by atoms with Crippen LogP contribution in [0.25, 0.3) is 10.8 Å². The van der Waals surface area contributed by atoms with Crippen molar-refractivity contribution < 1.29 is 14.8 Å². The van der Waals surface area contributed by atoms with E-state index in [1.54, 1.807) is 6.07 Å². The number of nitrogens with zero attached hydrogens (tertiary/aromatic N) is 1. The fourth-order valence-corrected chi connectivity index (χ4v) is 2.23. The topological polar surface area (TPSA) is 52.9 Å². The molecule has 0 spiro atoms. The summed E-state index contributed by atoms with van der Waals surface area (Å²) < 4.78 is 5.71. The third-order valence-corrected chi connectivity index (χ3v) is 3.20. The van der Waals surface area contributed by atoms with E-state index in [4.69, 9.17) is 4.74 Å². The molecular formula is C15H20BNO3. The van der Waals surface area contributed by atoms with Gasteiger partial charge in [0.2, 0.25) is 0 Å². The number of hydrogen-bond acceptors (Lipinski definition) is 4. The Morgan fingerprint density at radius 1 is 1.10 bits per heavy atom. The van der Waals surface area contributed by atoms with E-state index in [9.17, 15) is 10.0 Å². The van der Waals surface area contributed by atoms with Crippen LogP contribution in [0.1, 0.15) is 6.42 Å². The molecule has 0 aliphatic heterocycles. The molecule has 0 saturated carbocycles. The molecule has 0 aromatic heterocycles. The lowest BCUT2D eigenvalue weighted by atomic mass is 9.76. The molecule has 0 saturated heterocycles. The quantitative estimate of drug-likeness (QED) is 0.605. The molecule has 0 atom stereocenters. The molecule has 0 amide bonds. The predicted molar refractivity (Wildman–Crippen MR) is 82.4 cm³/mol. The van der Waals surface area contributed by atoms with Crippen molar-refractivity contribution in [2.45, 2.75) is 6.42 Å². The van der Waals surface area contributed by atoms with Crippen LogP contribution in [-0.4, -0.2) is 49.3 Å². The lowest BCUT2D eigenvalue weighted by Crippen LogP contribution is -2.32. The van der Waals surface area contributed by atoms with Gasteiger partial charge in [0.25, 0.3) is 0 Å². The second-order valence-electron chi connectivity index (χ2n) is 5.08. The lowest BCUT2D eigenvalue weighted by Gasteiger charge is -2.15. The average molecular weight is 273 g/mol. The van der Waals surface area contributed by atoms with Gasteiger partial charge in [-0.1, -0.05) is 30.3 Å². The third-order valence-electron chi connectivity index (χ3n) is 3.20. The van der Waals surface area contributed by atoms with Crippen LogP contribution in [-0.2, 0) is 0 Å². The predicted octanol–water partition coefficient (Wildman–Crippen LogP) is 0.850. The van der Waals surface area contributed by atoms with Crippen molar-refractivity contribution in [1.29, 1.82) is 0 Å². The van der Waals surface area contributed by atoms with Gasteiger partial charge in [-0.05, 0) is 37.4 Å². The Hall–Kier alpha value is -1.56. The first-order valence-electron chi connectivity index (χ1n) is 6.75. The van der Waals surface area contributed by atoms with Crippen LogP contribution < -0.4 is 10.2 Å². The second kappa shape index (κ2) is 6.75. The van der Waals surface area contributed by atoms with E-state index >= 15 is 0 Å². The highest BCUT2D eigenvalue weighted by atomic mass is 16.5. The van der Waals surface area contributed by atoms with E-state index in [1.165, 1.54) is 0 Å². The Balaban J connectivity index is 2.22. The van der Waals surface area contributed by atoms with Crippen LogP contribution in [0.15, 0.2) is 36.4 Å². The molecule has 2 aromatic carbocycles. The first-order valence-corrected chi connectivity index (χ1v) is 6.75. The maximum absolute atomic E-state index is 9.61. The molecular weight excluding hydrogens is 253 g/mol. The summed E-state index contributed by atoms with van der Waals surface area (Å²) in [5, 5.41) is 21.0. The monoisotopic (exact) mass is 273 g/mol. The van der Waals surface area contributed by atoms with Crippen molar-refractivity contribution in [2.75, 3.05) is 27.2 Å². The van der Waals surface area contributed by atoms with Crippen LogP contribution in [0.3, 0.4) is 0 Å². The van der Waals surface area contributed by atoms with Gasteiger partial charge in [0.15, 0.2) is 0 Å². The maximum Gasteiger partial charge on any atom is 0.492 e. The maximum atomic E-state index is 9.61. The zero-order valence-corrected chi connectivity index (χ0v) is 11.9. The van der Waals surface area contributed by atoms with Gasteiger partial charge in [-0.3, -0.25) is 0 Å². The zero-order chi connectivity index (χ0) is 14.5. The highest BCUT2D eigenvalue weighted by molar-refractivity contribution is 6.63. The Kier molecular flexibility index (Phi) is 5.01. The Morgan fingerprint density at radius 3 is 2.55 bits per heavy atom. The minimum Gasteiger partial charge on any atom is -0.494 e. The van der Waals surface area contributed by atoms with Crippen LogP contribution in [0.2, 0.25) is 0 Å². The molecule has 4 nitrogen and oxygen atoms in total. The van der Waals surface area contributed by atoms with E-state index in [0.29, 0.717) is 17.8 Å². The van der Waals surface area contributed by atoms with Gasteiger partial charge in [0.1, 0.15) is 5.75 Å². The first-order chi connectivity index (χ1) is 9.59. The summed E-state index contributed by atoms with van der Waals surface area (Å²) in [6.07, 6.45) is 0.890. The summed E-state index contributed by atoms with van der Waals surface area (Å²) in [5.74, 6) is 0.539. The van der Waals surface area contributed by atoms with E-state index in [1.807, 2.05) is 44.4 Å². The van der Waals surface area contributed by atoms with Crippen molar-refractivity contribution in [2.24, 2.45) is 0 Å². The van der Waals surface area contributed by atoms with Gasteiger partial charge in [-0.15, -0.1) is 0 Å². The van der Waals surface area contributed by atoms with Crippen LogP contribution in [0.5, 0.6) is 5.75 Å². The average Bonchev–Trinajstić information content (AvgIpc) is 2.42. The van der Waals surface area contributed by atoms with Gasteiger partial charge in [-0.2, -0.15) is 0 Å². The van der Waals surface area contributed by atoms with E-state index in [0.717, 1.165) is 23.7 Å². The largest absolute Gasteiger partial charge is 0.494 e. The molecule has 106 valence electrons. The second-order valence-corrected chi connectivity index (χ2v) is 5.08. The number of benzene rings is 2. The van der Waals surface area contributed by atoms with E-state index in [2.05, 4.69) is 4.90 Å². The SMILES string of the molecule is CN(C)CCCOc1ccc2ccccc2c1B(O)O. The molecule has 20 heavy (non-hydrogen) atoms. The minimum absolute atomic E-state index is 0.438. The molecule has 5 heteroatoms. The Morgan fingerprint density at radius 2 is 1.85 bits per heavy atom. The van der Waals surface area contributed by atoms with E-state index < -0.39 is 7.12 Å². The van der Waals surface area contributed by atoms with Crippen LogP contribution >= 0.6 is 0 Å². The molecule has 0 unspecified atom stereocenters. The van der Waals surface area contributed by atoms with Crippen molar-refractivity contribution in [3.8, 4) is 5.75 Å². The lowest BCUT2D eigenvalue weighted by molar-refractivity contribution is 0.282. The van der Waals surface area contributed by atoms with Crippen molar-refractivity contribution >= 4 is 23.4 Å². The van der Waals surface area contributed by atoms with Crippen LogP contribution in [0, 0.1) is 0 Å². The molecule has 0 aliphatic carbocycles. The summed E-state index contributed by atoms with van der Waals surface area (Å²) in [7, 11) is 2.49. The normalized spacial score (nSPS) is 11.1. The molecule has 2 rings (SSSR count).